The highest BCUT2D eigenvalue weighted by atomic mass is 16.5. The molecule has 0 saturated carbocycles. The number of cyclic esters (lactones) is 1. The normalized spacial score (nSPS) is 20.4. The van der Waals surface area contributed by atoms with Crippen LogP contribution in [-0.2, 0) is 9.53 Å². The molecule has 1 rings (SSSR count). The molecule has 0 unspecified atom stereocenters. The second-order valence-corrected chi connectivity index (χ2v) is 2.43. The Balaban J connectivity index is 2.74. The van der Waals surface area contributed by atoms with E-state index in [1.807, 2.05) is 26.0 Å². The van der Waals surface area contributed by atoms with Crippen molar-refractivity contribution in [2.45, 2.75) is 26.7 Å². The van der Waals surface area contributed by atoms with E-state index in [2.05, 4.69) is 0 Å². The van der Waals surface area contributed by atoms with Gasteiger partial charge in [0.2, 0.25) is 0 Å². The molecule has 0 aliphatic carbocycles. The molecule has 0 saturated heterocycles. The minimum absolute atomic E-state index is 0.188. The largest absolute Gasteiger partial charge is 0.424 e. The summed E-state index contributed by atoms with van der Waals surface area (Å²) in [5.74, 6) is 0.515. The van der Waals surface area contributed by atoms with Gasteiger partial charge in [0.05, 0.1) is 0 Å². The van der Waals surface area contributed by atoms with Gasteiger partial charge in [-0.3, -0.25) is 0 Å². The number of carbonyl (C=O) groups excluding carboxylic acids is 1. The molecule has 0 N–H and O–H groups in total. The number of carbonyl (C=O) groups is 1. The highest BCUT2D eigenvalue weighted by Gasteiger charge is 2.18. The molecular formula is C9H12O2. The second-order valence-electron chi connectivity index (χ2n) is 2.43. The monoisotopic (exact) mass is 152 g/mol. The van der Waals surface area contributed by atoms with Crippen molar-refractivity contribution in [3.63, 3.8) is 0 Å². The lowest BCUT2D eigenvalue weighted by molar-refractivity contribution is -0.133. The van der Waals surface area contributed by atoms with Crippen LogP contribution in [0.3, 0.4) is 0 Å². The molecule has 2 heteroatoms. The Morgan fingerprint density at radius 3 is 2.73 bits per heavy atom. The standard InChI is InChI=1S/C9H12O2/c1-3-5-8-6-7(4-2)9(10)11-8/h5-6H,3-4H2,1-2H3. The summed E-state index contributed by atoms with van der Waals surface area (Å²) in [7, 11) is 0. The van der Waals surface area contributed by atoms with Crippen molar-refractivity contribution in [1.82, 2.24) is 0 Å². The molecule has 0 atom stereocenters. The first-order valence-corrected chi connectivity index (χ1v) is 3.90. The van der Waals surface area contributed by atoms with Crippen LogP contribution in [-0.4, -0.2) is 5.97 Å². The maximum Gasteiger partial charge on any atom is 0.339 e. The van der Waals surface area contributed by atoms with Crippen LogP contribution in [0.5, 0.6) is 0 Å². The molecule has 11 heavy (non-hydrogen) atoms. The minimum atomic E-state index is -0.188. The van der Waals surface area contributed by atoms with Gasteiger partial charge in [0.25, 0.3) is 0 Å². The Labute approximate surface area is 66.5 Å². The third-order valence-corrected chi connectivity index (χ3v) is 1.58. The Kier molecular flexibility index (Phi) is 2.47. The first-order chi connectivity index (χ1) is 5.27. The quantitative estimate of drug-likeness (QED) is 0.567. The van der Waals surface area contributed by atoms with Gasteiger partial charge in [0.1, 0.15) is 5.76 Å². The first-order valence-electron chi connectivity index (χ1n) is 3.90. The molecule has 1 aliphatic rings. The van der Waals surface area contributed by atoms with E-state index in [1.165, 1.54) is 0 Å². The van der Waals surface area contributed by atoms with Gasteiger partial charge in [-0.15, -0.1) is 0 Å². The Bertz CT molecular complexity index is 224. The molecule has 0 bridgehead atoms. The maximum absolute atomic E-state index is 11.0. The van der Waals surface area contributed by atoms with Crippen LogP contribution in [0, 0.1) is 0 Å². The molecule has 0 fully saturated rings. The molecule has 60 valence electrons. The van der Waals surface area contributed by atoms with E-state index in [0.717, 1.165) is 18.4 Å². The highest BCUT2D eigenvalue weighted by molar-refractivity contribution is 5.92. The van der Waals surface area contributed by atoms with Gasteiger partial charge in [0.15, 0.2) is 0 Å². The van der Waals surface area contributed by atoms with Crippen LogP contribution >= 0.6 is 0 Å². The van der Waals surface area contributed by atoms with Crippen molar-refractivity contribution in [1.29, 1.82) is 0 Å². The van der Waals surface area contributed by atoms with E-state index in [9.17, 15) is 4.79 Å². The van der Waals surface area contributed by atoms with E-state index in [4.69, 9.17) is 4.74 Å². The van der Waals surface area contributed by atoms with Crippen LogP contribution in [0.4, 0.5) is 0 Å². The zero-order valence-corrected chi connectivity index (χ0v) is 6.89. The van der Waals surface area contributed by atoms with Crippen LogP contribution in [0.25, 0.3) is 0 Å². The lowest BCUT2D eigenvalue weighted by Crippen LogP contribution is -1.96. The van der Waals surface area contributed by atoms with E-state index in [-0.39, 0.29) is 5.97 Å². The molecular weight excluding hydrogens is 140 g/mol. The molecule has 0 amide bonds. The van der Waals surface area contributed by atoms with Crippen molar-refractivity contribution in [2.75, 3.05) is 0 Å². The fourth-order valence-corrected chi connectivity index (χ4v) is 0.981. The molecule has 0 radical (unpaired) electrons. The number of ether oxygens (including phenoxy) is 1. The predicted molar refractivity (Wildman–Crippen MR) is 42.8 cm³/mol. The first kappa shape index (κ1) is 8.05. The van der Waals surface area contributed by atoms with Crippen molar-refractivity contribution in [3.05, 3.63) is 23.5 Å². The number of hydrogen-bond acceptors (Lipinski definition) is 2. The molecule has 0 spiro atoms. The minimum Gasteiger partial charge on any atom is -0.424 e. The highest BCUT2D eigenvalue weighted by Crippen LogP contribution is 2.19. The summed E-state index contributed by atoms with van der Waals surface area (Å²) in [6.07, 6.45) is 5.36. The zero-order valence-electron chi connectivity index (χ0n) is 6.89. The van der Waals surface area contributed by atoms with Crippen molar-refractivity contribution in [2.24, 2.45) is 0 Å². The molecule has 1 aliphatic heterocycles. The number of allylic oxidation sites excluding steroid dienone is 2. The van der Waals surface area contributed by atoms with E-state index >= 15 is 0 Å². The topological polar surface area (TPSA) is 26.3 Å². The van der Waals surface area contributed by atoms with Crippen LogP contribution in [0.1, 0.15) is 26.7 Å². The van der Waals surface area contributed by atoms with Gasteiger partial charge in [0, 0.05) is 5.57 Å². The summed E-state index contributed by atoms with van der Waals surface area (Å²) in [6.45, 7) is 3.96. The molecule has 0 aromatic heterocycles. The molecule has 2 nitrogen and oxygen atoms in total. The second kappa shape index (κ2) is 3.37. The number of esters is 1. The van der Waals surface area contributed by atoms with Gasteiger partial charge in [-0.25, -0.2) is 4.79 Å². The molecule has 1 heterocycles. The summed E-state index contributed by atoms with van der Waals surface area (Å²) < 4.78 is 4.93. The Hall–Kier alpha value is -1.05. The zero-order chi connectivity index (χ0) is 8.27. The van der Waals surface area contributed by atoms with Gasteiger partial charge >= 0.3 is 5.97 Å². The van der Waals surface area contributed by atoms with E-state index < -0.39 is 0 Å². The fourth-order valence-electron chi connectivity index (χ4n) is 0.981. The van der Waals surface area contributed by atoms with Crippen molar-refractivity contribution >= 4 is 5.97 Å². The summed E-state index contributed by atoms with van der Waals surface area (Å²) in [6, 6.07) is 0. The van der Waals surface area contributed by atoms with Gasteiger partial charge in [-0.2, -0.15) is 0 Å². The Morgan fingerprint density at radius 2 is 2.27 bits per heavy atom. The van der Waals surface area contributed by atoms with Crippen molar-refractivity contribution < 1.29 is 9.53 Å². The fraction of sp³-hybridized carbons (Fsp3) is 0.444. The van der Waals surface area contributed by atoms with Crippen molar-refractivity contribution in [3.8, 4) is 0 Å². The SMILES string of the molecule is CCC=C1C=C(CC)C(=O)O1. The lowest BCUT2D eigenvalue weighted by Gasteiger charge is -1.93. The van der Waals surface area contributed by atoms with Crippen LogP contribution < -0.4 is 0 Å². The van der Waals surface area contributed by atoms with E-state index in [1.54, 1.807) is 0 Å². The maximum atomic E-state index is 11.0. The summed E-state index contributed by atoms with van der Waals surface area (Å²) >= 11 is 0. The van der Waals surface area contributed by atoms with Crippen LogP contribution in [0.2, 0.25) is 0 Å². The lowest BCUT2D eigenvalue weighted by atomic mass is 10.2. The number of rotatable bonds is 2. The third kappa shape index (κ3) is 1.70. The predicted octanol–water partition coefficient (Wildman–Crippen LogP) is 2.17. The molecule has 0 aromatic rings. The molecule has 0 aromatic carbocycles. The van der Waals surface area contributed by atoms with Crippen LogP contribution in [0.15, 0.2) is 23.5 Å². The van der Waals surface area contributed by atoms with Gasteiger partial charge in [-0.05, 0) is 25.0 Å². The smallest absolute Gasteiger partial charge is 0.339 e. The average Bonchev–Trinajstić information content (AvgIpc) is 2.32. The summed E-state index contributed by atoms with van der Waals surface area (Å²) in [5, 5.41) is 0. The van der Waals surface area contributed by atoms with E-state index in [0.29, 0.717) is 5.76 Å². The Morgan fingerprint density at radius 1 is 1.55 bits per heavy atom. The average molecular weight is 152 g/mol. The summed E-state index contributed by atoms with van der Waals surface area (Å²) in [5.41, 5.74) is 0.768. The van der Waals surface area contributed by atoms with Gasteiger partial charge < -0.3 is 4.74 Å². The third-order valence-electron chi connectivity index (χ3n) is 1.58. The van der Waals surface area contributed by atoms with Gasteiger partial charge in [-0.1, -0.05) is 13.8 Å². The number of hydrogen-bond donors (Lipinski definition) is 0. The summed E-state index contributed by atoms with van der Waals surface area (Å²) in [4.78, 5) is 11.0.